The third kappa shape index (κ3) is 3.90. The minimum absolute atomic E-state index is 0.151. The molecule has 6 heteroatoms. The zero-order valence-corrected chi connectivity index (χ0v) is 14.7. The van der Waals surface area contributed by atoms with E-state index in [1.165, 1.54) is 18.6 Å². The van der Waals surface area contributed by atoms with Crippen LogP contribution in [0.5, 0.6) is 0 Å². The number of carbonyl (C=O) groups is 1. The number of amides is 1. The molecule has 1 amide bonds. The maximum atomic E-state index is 13.1. The number of halogens is 1. The Labute approximate surface area is 147 Å². The summed E-state index contributed by atoms with van der Waals surface area (Å²) in [4.78, 5) is 12.8. The molecule has 3 rings (SSSR count). The third-order valence-electron chi connectivity index (χ3n) is 4.86. The van der Waals surface area contributed by atoms with Crippen molar-refractivity contribution in [1.29, 1.82) is 0 Å². The van der Waals surface area contributed by atoms with Gasteiger partial charge in [-0.25, -0.2) is 4.39 Å². The molecular weight excluding hydrogens is 321 g/mol. The van der Waals surface area contributed by atoms with Gasteiger partial charge in [-0.3, -0.25) is 9.48 Å². The van der Waals surface area contributed by atoms with E-state index in [0.717, 1.165) is 31.2 Å². The molecule has 1 aromatic carbocycles. The van der Waals surface area contributed by atoms with Gasteiger partial charge in [0.1, 0.15) is 11.5 Å². The first-order valence-corrected chi connectivity index (χ1v) is 8.64. The van der Waals surface area contributed by atoms with Crippen molar-refractivity contribution >= 4 is 5.91 Å². The van der Waals surface area contributed by atoms with Crippen LogP contribution in [-0.4, -0.2) is 34.9 Å². The summed E-state index contributed by atoms with van der Waals surface area (Å²) in [7, 11) is 3.41. The lowest BCUT2D eigenvalue weighted by Gasteiger charge is -2.37. The van der Waals surface area contributed by atoms with Crippen molar-refractivity contribution in [2.45, 2.75) is 37.6 Å². The molecule has 25 heavy (non-hydrogen) atoms. The summed E-state index contributed by atoms with van der Waals surface area (Å²) in [5.41, 5.74) is 1.61. The molecule has 1 saturated carbocycles. The van der Waals surface area contributed by atoms with Crippen LogP contribution >= 0.6 is 0 Å². The van der Waals surface area contributed by atoms with E-state index in [0.29, 0.717) is 18.0 Å². The average Bonchev–Trinajstić information content (AvgIpc) is 2.98. The second-order valence-electron chi connectivity index (χ2n) is 6.77. The molecule has 1 aliphatic rings. The summed E-state index contributed by atoms with van der Waals surface area (Å²) in [6.45, 7) is 0.515. The number of nitrogens with zero attached hydrogens (tertiary/aromatic N) is 2. The molecule has 0 unspecified atom stereocenters. The fraction of sp³-hybridized carbons (Fsp3) is 0.474. The van der Waals surface area contributed by atoms with Gasteiger partial charge in [0.05, 0.1) is 17.8 Å². The second-order valence-corrected chi connectivity index (χ2v) is 6.77. The fourth-order valence-corrected chi connectivity index (χ4v) is 3.56. The molecule has 2 aromatic rings. The molecular formula is C19H24FN3O2. The van der Waals surface area contributed by atoms with E-state index >= 15 is 0 Å². The van der Waals surface area contributed by atoms with Crippen LogP contribution < -0.4 is 5.32 Å². The Morgan fingerprint density at radius 3 is 2.60 bits per heavy atom. The molecule has 1 aromatic heterocycles. The van der Waals surface area contributed by atoms with E-state index in [9.17, 15) is 9.18 Å². The Balaban J connectivity index is 1.81. The smallest absolute Gasteiger partial charge is 0.270 e. The molecule has 1 N–H and O–H groups in total. The van der Waals surface area contributed by atoms with Gasteiger partial charge in [0, 0.05) is 19.7 Å². The van der Waals surface area contributed by atoms with Crippen molar-refractivity contribution in [2.75, 3.05) is 13.7 Å². The van der Waals surface area contributed by atoms with Gasteiger partial charge in [-0.15, -0.1) is 0 Å². The number of methoxy groups -OCH3 is 1. The molecule has 5 nitrogen and oxygen atoms in total. The summed E-state index contributed by atoms with van der Waals surface area (Å²) < 4.78 is 20.0. The predicted octanol–water partition coefficient (Wildman–Crippen LogP) is 3.31. The van der Waals surface area contributed by atoms with Gasteiger partial charge in [0.2, 0.25) is 0 Å². The van der Waals surface area contributed by atoms with Gasteiger partial charge in [-0.1, -0.05) is 19.3 Å². The summed E-state index contributed by atoms with van der Waals surface area (Å²) in [5, 5.41) is 7.58. The van der Waals surface area contributed by atoms with Crippen molar-refractivity contribution in [3.8, 4) is 11.3 Å². The lowest BCUT2D eigenvalue weighted by atomic mass is 9.82. The van der Waals surface area contributed by atoms with Crippen molar-refractivity contribution in [3.05, 3.63) is 41.8 Å². The van der Waals surface area contributed by atoms with Gasteiger partial charge in [0.15, 0.2) is 0 Å². The Bertz CT molecular complexity index is 728. The highest BCUT2D eigenvalue weighted by Gasteiger charge is 2.34. The normalized spacial score (nSPS) is 16.6. The molecule has 1 aliphatic carbocycles. The predicted molar refractivity (Wildman–Crippen MR) is 93.8 cm³/mol. The van der Waals surface area contributed by atoms with Gasteiger partial charge in [-0.2, -0.15) is 5.10 Å². The van der Waals surface area contributed by atoms with E-state index < -0.39 is 0 Å². The van der Waals surface area contributed by atoms with E-state index in [1.807, 2.05) is 0 Å². The summed E-state index contributed by atoms with van der Waals surface area (Å²) in [5.74, 6) is -0.446. The van der Waals surface area contributed by atoms with E-state index in [2.05, 4.69) is 10.4 Å². The van der Waals surface area contributed by atoms with E-state index in [1.54, 1.807) is 37.0 Å². The monoisotopic (exact) mass is 345 g/mol. The highest BCUT2D eigenvalue weighted by atomic mass is 19.1. The molecule has 0 atom stereocenters. The number of carbonyl (C=O) groups excluding carboxylic acids is 1. The maximum Gasteiger partial charge on any atom is 0.270 e. The fourth-order valence-electron chi connectivity index (χ4n) is 3.56. The number of aryl methyl sites for hydroxylation is 1. The van der Waals surface area contributed by atoms with Gasteiger partial charge in [0.25, 0.3) is 5.91 Å². The summed E-state index contributed by atoms with van der Waals surface area (Å²) in [6.07, 6.45) is 5.23. The first-order valence-electron chi connectivity index (χ1n) is 8.64. The largest absolute Gasteiger partial charge is 0.382 e. The Hall–Kier alpha value is -2.21. The van der Waals surface area contributed by atoms with Gasteiger partial charge >= 0.3 is 0 Å². The van der Waals surface area contributed by atoms with Crippen molar-refractivity contribution < 1.29 is 13.9 Å². The maximum absolute atomic E-state index is 13.1. The number of hydrogen-bond donors (Lipinski definition) is 1. The van der Waals surface area contributed by atoms with Crippen LogP contribution in [0.3, 0.4) is 0 Å². The van der Waals surface area contributed by atoms with E-state index in [4.69, 9.17) is 4.74 Å². The molecule has 134 valence electrons. The van der Waals surface area contributed by atoms with Crippen LogP contribution in [0.25, 0.3) is 11.3 Å². The number of rotatable bonds is 5. The molecule has 0 bridgehead atoms. The Kier molecular flexibility index (Phi) is 5.18. The first-order chi connectivity index (χ1) is 12.0. The minimum Gasteiger partial charge on any atom is -0.382 e. The molecule has 0 radical (unpaired) electrons. The highest BCUT2D eigenvalue weighted by molar-refractivity contribution is 5.94. The SMILES string of the molecule is COCC1(NC(=O)c2cc(-c3ccc(F)cc3)nn2C)CCCCC1. The molecule has 0 aliphatic heterocycles. The molecule has 1 fully saturated rings. The lowest BCUT2D eigenvalue weighted by Crippen LogP contribution is -2.53. The number of benzene rings is 1. The number of ether oxygens (including phenoxy) is 1. The second kappa shape index (κ2) is 7.35. The van der Waals surface area contributed by atoms with Crippen molar-refractivity contribution in [3.63, 3.8) is 0 Å². The Morgan fingerprint density at radius 2 is 1.96 bits per heavy atom. The quantitative estimate of drug-likeness (QED) is 0.904. The molecule has 0 spiro atoms. The zero-order chi connectivity index (χ0) is 17.9. The molecule has 0 saturated heterocycles. The zero-order valence-electron chi connectivity index (χ0n) is 14.7. The van der Waals surface area contributed by atoms with Crippen LogP contribution in [0.15, 0.2) is 30.3 Å². The Morgan fingerprint density at radius 1 is 1.28 bits per heavy atom. The number of aromatic nitrogens is 2. The third-order valence-corrected chi connectivity index (χ3v) is 4.86. The van der Waals surface area contributed by atoms with Crippen molar-refractivity contribution in [2.24, 2.45) is 7.05 Å². The number of nitrogens with one attached hydrogen (secondary N) is 1. The minimum atomic E-state index is -0.301. The van der Waals surface area contributed by atoms with Crippen LogP contribution in [-0.2, 0) is 11.8 Å². The van der Waals surface area contributed by atoms with Crippen LogP contribution in [0.4, 0.5) is 4.39 Å². The van der Waals surface area contributed by atoms with Gasteiger partial charge < -0.3 is 10.1 Å². The van der Waals surface area contributed by atoms with Crippen molar-refractivity contribution in [1.82, 2.24) is 15.1 Å². The molecule has 1 heterocycles. The number of hydrogen-bond acceptors (Lipinski definition) is 3. The standard InChI is InChI=1S/C19H24FN3O2/c1-23-17(12-16(22-23)14-6-8-15(20)9-7-14)18(24)21-19(13-25-2)10-4-3-5-11-19/h6-9,12H,3-5,10-11,13H2,1-2H3,(H,21,24). The van der Waals surface area contributed by atoms with Crippen LogP contribution in [0.1, 0.15) is 42.6 Å². The topological polar surface area (TPSA) is 56.1 Å². The highest BCUT2D eigenvalue weighted by Crippen LogP contribution is 2.29. The van der Waals surface area contributed by atoms with Crippen LogP contribution in [0, 0.1) is 5.82 Å². The van der Waals surface area contributed by atoms with E-state index in [-0.39, 0.29) is 17.3 Å². The summed E-state index contributed by atoms with van der Waals surface area (Å²) in [6, 6.07) is 7.84. The van der Waals surface area contributed by atoms with Gasteiger partial charge in [-0.05, 0) is 43.2 Å². The van der Waals surface area contributed by atoms with Crippen LogP contribution in [0.2, 0.25) is 0 Å². The first kappa shape index (κ1) is 17.6. The lowest BCUT2D eigenvalue weighted by molar-refractivity contribution is 0.0631. The summed E-state index contributed by atoms with van der Waals surface area (Å²) >= 11 is 0. The average molecular weight is 345 g/mol.